The SMILES string of the molecule is CCOC(=O)c1c(NC(=O)c2cc(-c3ccccc3)nc3c2c(C)nn3C)sc(C(=O)NC)c1C. The summed E-state index contributed by atoms with van der Waals surface area (Å²) in [5.74, 6) is -1.39. The minimum Gasteiger partial charge on any atom is -0.462 e. The molecular formula is C25H25N5O4S. The number of benzene rings is 1. The van der Waals surface area contributed by atoms with Gasteiger partial charge >= 0.3 is 5.97 Å². The molecule has 0 saturated heterocycles. The van der Waals surface area contributed by atoms with Gasteiger partial charge in [-0.25, -0.2) is 9.78 Å². The summed E-state index contributed by atoms with van der Waals surface area (Å²) in [5.41, 5.74) is 3.66. The van der Waals surface area contributed by atoms with E-state index in [1.165, 1.54) is 7.05 Å². The molecule has 3 aromatic heterocycles. The third-order valence-electron chi connectivity index (χ3n) is 5.57. The quantitative estimate of drug-likeness (QED) is 0.393. The predicted octanol–water partition coefficient (Wildman–Crippen LogP) is 4.10. The second-order valence-corrected chi connectivity index (χ2v) is 8.86. The Labute approximate surface area is 206 Å². The Morgan fingerprint density at radius 1 is 1.11 bits per heavy atom. The van der Waals surface area contributed by atoms with E-state index in [4.69, 9.17) is 9.72 Å². The number of hydrogen-bond donors (Lipinski definition) is 2. The largest absolute Gasteiger partial charge is 0.462 e. The van der Waals surface area contributed by atoms with Crippen molar-refractivity contribution in [1.82, 2.24) is 20.1 Å². The first-order valence-electron chi connectivity index (χ1n) is 11.0. The standard InChI is InChI=1S/C25H25N5O4S/c1-6-34-25(33)18-13(2)20(23(32)26-4)35-24(18)28-22(31)16-12-17(15-10-8-7-9-11-15)27-21-19(16)14(3)29-30(21)5/h7-12H,6H2,1-5H3,(H,26,32)(H,28,31). The van der Waals surface area contributed by atoms with E-state index in [0.29, 0.717) is 38.4 Å². The van der Waals surface area contributed by atoms with Crippen LogP contribution in [0.15, 0.2) is 36.4 Å². The summed E-state index contributed by atoms with van der Waals surface area (Å²) in [6, 6.07) is 11.2. The lowest BCUT2D eigenvalue weighted by molar-refractivity contribution is 0.0527. The normalized spacial score (nSPS) is 10.9. The number of aromatic nitrogens is 3. The Hall–Kier alpha value is -4.05. The van der Waals surface area contributed by atoms with Crippen LogP contribution in [0.25, 0.3) is 22.3 Å². The fraction of sp³-hybridized carbons (Fsp3) is 0.240. The van der Waals surface area contributed by atoms with Crippen molar-refractivity contribution in [3.8, 4) is 11.3 Å². The first kappa shape index (κ1) is 24.1. The summed E-state index contributed by atoms with van der Waals surface area (Å²) in [6.45, 7) is 5.33. The maximum absolute atomic E-state index is 13.6. The molecule has 9 nitrogen and oxygen atoms in total. The molecule has 0 fully saturated rings. The molecule has 4 rings (SSSR count). The van der Waals surface area contributed by atoms with Crippen LogP contribution in [0.1, 0.15) is 48.6 Å². The Kier molecular flexibility index (Phi) is 6.65. The number of carbonyl (C=O) groups is 3. The fourth-order valence-electron chi connectivity index (χ4n) is 3.93. The summed E-state index contributed by atoms with van der Waals surface area (Å²) in [4.78, 5) is 43.8. The maximum Gasteiger partial charge on any atom is 0.341 e. The van der Waals surface area contributed by atoms with Gasteiger partial charge in [0.05, 0.1) is 39.4 Å². The topological polar surface area (TPSA) is 115 Å². The molecule has 35 heavy (non-hydrogen) atoms. The van der Waals surface area contributed by atoms with E-state index in [2.05, 4.69) is 15.7 Å². The average Bonchev–Trinajstić information content (AvgIpc) is 3.33. The highest BCUT2D eigenvalue weighted by Crippen LogP contribution is 2.35. The molecule has 2 amide bonds. The summed E-state index contributed by atoms with van der Waals surface area (Å²) >= 11 is 1.03. The first-order valence-corrected chi connectivity index (χ1v) is 11.8. The number of carbonyl (C=O) groups excluding carboxylic acids is 3. The summed E-state index contributed by atoms with van der Waals surface area (Å²) in [6.07, 6.45) is 0. The number of anilines is 1. The lowest BCUT2D eigenvalue weighted by Gasteiger charge is -2.10. The van der Waals surface area contributed by atoms with Crippen LogP contribution >= 0.6 is 11.3 Å². The van der Waals surface area contributed by atoms with E-state index in [1.54, 1.807) is 31.6 Å². The molecule has 0 radical (unpaired) electrons. The van der Waals surface area contributed by atoms with Gasteiger partial charge in [-0.05, 0) is 32.4 Å². The lowest BCUT2D eigenvalue weighted by Crippen LogP contribution is -2.18. The molecule has 0 aliphatic carbocycles. The molecule has 180 valence electrons. The minimum absolute atomic E-state index is 0.164. The van der Waals surface area contributed by atoms with Crippen LogP contribution in [-0.4, -0.2) is 46.2 Å². The van der Waals surface area contributed by atoms with Gasteiger partial charge < -0.3 is 15.4 Å². The fourth-order valence-corrected chi connectivity index (χ4v) is 5.07. The van der Waals surface area contributed by atoms with E-state index in [-0.39, 0.29) is 23.1 Å². The Morgan fingerprint density at radius 2 is 1.83 bits per heavy atom. The van der Waals surface area contributed by atoms with Crippen LogP contribution in [0.2, 0.25) is 0 Å². The first-order chi connectivity index (χ1) is 16.8. The highest BCUT2D eigenvalue weighted by molar-refractivity contribution is 7.18. The molecule has 10 heteroatoms. The molecule has 0 saturated carbocycles. The summed E-state index contributed by atoms with van der Waals surface area (Å²) in [7, 11) is 3.28. The molecule has 0 aliphatic heterocycles. The van der Waals surface area contributed by atoms with Crippen LogP contribution in [0, 0.1) is 13.8 Å². The van der Waals surface area contributed by atoms with Crippen LogP contribution in [0.3, 0.4) is 0 Å². The van der Waals surface area contributed by atoms with E-state index in [9.17, 15) is 14.4 Å². The van der Waals surface area contributed by atoms with Crippen molar-refractivity contribution in [2.45, 2.75) is 20.8 Å². The van der Waals surface area contributed by atoms with Crippen LogP contribution in [0.4, 0.5) is 5.00 Å². The van der Waals surface area contributed by atoms with Crippen molar-refractivity contribution in [3.05, 3.63) is 63.7 Å². The molecule has 1 aromatic carbocycles. The van der Waals surface area contributed by atoms with Gasteiger partial charge in [0.15, 0.2) is 5.65 Å². The smallest absolute Gasteiger partial charge is 0.341 e. The van der Waals surface area contributed by atoms with Crippen molar-refractivity contribution in [2.24, 2.45) is 7.05 Å². The number of pyridine rings is 1. The maximum atomic E-state index is 13.6. The van der Waals surface area contributed by atoms with Crippen LogP contribution in [-0.2, 0) is 11.8 Å². The molecular weight excluding hydrogens is 466 g/mol. The second-order valence-electron chi connectivity index (χ2n) is 7.84. The molecule has 0 atom stereocenters. The third-order valence-corrected chi connectivity index (χ3v) is 6.78. The van der Waals surface area contributed by atoms with Gasteiger partial charge in [-0.15, -0.1) is 11.3 Å². The van der Waals surface area contributed by atoms with Crippen molar-refractivity contribution < 1.29 is 19.1 Å². The van der Waals surface area contributed by atoms with Gasteiger partial charge in [0.25, 0.3) is 11.8 Å². The van der Waals surface area contributed by atoms with E-state index in [1.807, 2.05) is 37.3 Å². The Bertz CT molecular complexity index is 1460. The number of amides is 2. The lowest BCUT2D eigenvalue weighted by atomic mass is 10.0. The van der Waals surface area contributed by atoms with Crippen molar-refractivity contribution in [3.63, 3.8) is 0 Å². The molecule has 2 N–H and O–H groups in total. The summed E-state index contributed by atoms with van der Waals surface area (Å²) < 4.78 is 6.83. The number of aryl methyl sites for hydroxylation is 2. The van der Waals surface area contributed by atoms with Crippen LogP contribution in [0.5, 0.6) is 0 Å². The zero-order valence-corrected chi connectivity index (χ0v) is 20.9. The van der Waals surface area contributed by atoms with Gasteiger partial charge in [0, 0.05) is 19.7 Å². The molecule has 3 heterocycles. The van der Waals surface area contributed by atoms with Crippen LogP contribution < -0.4 is 10.6 Å². The Morgan fingerprint density at radius 3 is 2.49 bits per heavy atom. The highest BCUT2D eigenvalue weighted by Gasteiger charge is 2.28. The molecule has 4 aromatic rings. The van der Waals surface area contributed by atoms with Gasteiger partial charge in [0.1, 0.15) is 5.00 Å². The number of rotatable bonds is 6. The van der Waals surface area contributed by atoms with Crippen molar-refractivity contribution >= 4 is 45.2 Å². The highest BCUT2D eigenvalue weighted by atomic mass is 32.1. The van der Waals surface area contributed by atoms with Gasteiger partial charge in [-0.2, -0.15) is 5.10 Å². The number of nitrogens with one attached hydrogen (secondary N) is 2. The number of nitrogens with zero attached hydrogens (tertiary/aromatic N) is 3. The number of ether oxygens (including phenoxy) is 1. The number of fused-ring (bicyclic) bond motifs is 1. The van der Waals surface area contributed by atoms with Crippen molar-refractivity contribution in [2.75, 3.05) is 19.0 Å². The minimum atomic E-state index is -0.603. The molecule has 0 bridgehead atoms. The number of esters is 1. The van der Waals surface area contributed by atoms with Gasteiger partial charge in [0.2, 0.25) is 0 Å². The van der Waals surface area contributed by atoms with E-state index < -0.39 is 11.9 Å². The Balaban J connectivity index is 1.85. The zero-order valence-electron chi connectivity index (χ0n) is 20.1. The monoisotopic (exact) mass is 491 g/mol. The molecule has 0 unspecified atom stereocenters. The predicted molar refractivity (Wildman–Crippen MR) is 135 cm³/mol. The number of thiophene rings is 1. The molecule has 0 spiro atoms. The van der Waals surface area contributed by atoms with Crippen molar-refractivity contribution in [1.29, 1.82) is 0 Å². The third kappa shape index (κ3) is 4.40. The van der Waals surface area contributed by atoms with Gasteiger partial charge in [-0.3, -0.25) is 14.3 Å². The summed E-state index contributed by atoms with van der Waals surface area (Å²) in [5, 5.41) is 10.7. The van der Waals surface area contributed by atoms with E-state index in [0.717, 1.165) is 16.9 Å². The molecule has 0 aliphatic rings. The zero-order chi connectivity index (χ0) is 25.3. The average molecular weight is 492 g/mol. The number of hydrogen-bond acceptors (Lipinski definition) is 7. The van der Waals surface area contributed by atoms with Gasteiger partial charge in [-0.1, -0.05) is 30.3 Å². The van der Waals surface area contributed by atoms with E-state index >= 15 is 0 Å². The second kappa shape index (κ2) is 9.67.